The molecule has 11 heteroatoms. The van der Waals surface area contributed by atoms with Gasteiger partial charge in [0.1, 0.15) is 12.1 Å². The number of methoxy groups -OCH3 is 1. The summed E-state index contributed by atoms with van der Waals surface area (Å²) in [4.78, 5) is 0.160. The first kappa shape index (κ1) is 18.8. The van der Waals surface area contributed by atoms with Gasteiger partial charge in [0.15, 0.2) is 0 Å². The first-order valence-corrected chi connectivity index (χ1v) is 11.0. The number of sulfonamides is 1. The number of sulfone groups is 1. The van der Waals surface area contributed by atoms with Crippen molar-refractivity contribution in [1.29, 1.82) is 0 Å². The molecule has 142 valence electrons. The van der Waals surface area contributed by atoms with Crippen LogP contribution in [-0.2, 0) is 26.9 Å². The minimum absolute atomic E-state index is 0.0889. The van der Waals surface area contributed by atoms with Gasteiger partial charge >= 0.3 is 0 Å². The zero-order chi connectivity index (χ0) is 18.9. The summed E-state index contributed by atoms with van der Waals surface area (Å²) < 4.78 is 58.5. The number of piperidine rings is 1. The van der Waals surface area contributed by atoms with Gasteiger partial charge in [0, 0.05) is 20.1 Å². The van der Waals surface area contributed by atoms with Crippen molar-refractivity contribution in [3.8, 4) is 5.75 Å². The first-order chi connectivity index (χ1) is 12.3. The molecule has 26 heavy (non-hydrogen) atoms. The molecule has 0 unspecified atom stereocenters. The van der Waals surface area contributed by atoms with Crippen LogP contribution >= 0.6 is 0 Å². The van der Waals surface area contributed by atoms with E-state index in [2.05, 4.69) is 10.2 Å². The molecule has 0 aliphatic carbocycles. The number of benzene rings is 1. The van der Waals surface area contributed by atoms with E-state index in [9.17, 15) is 16.8 Å². The van der Waals surface area contributed by atoms with Gasteiger partial charge in [-0.1, -0.05) is 0 Å². The van der Waals surface area contributed by atoms with Crippen molar-refractivity contribution >= 4 is 19.9 Å². The average molecular weight is 400 g/mol. The molecule has 9 nitrogen and oxygen atoms in total. The summed E-state index contributed by atoms with van der Waals surface area (Å²) in [5.41, 5.74) is 0. The van der Waals surface area contributed by atoms with E-state index in [1.54, 1.807) is 19.2 Å². The SMILES string of the molecule is COc1ccc(S(=O)(=O)N2CCC(S(=O)(=O)c3nncn3C)CC2)cc1. The van der Waals surface area contributed by atoms with Crippen LogP contribution in [0.25, 0.3) is 0 Å². The zero-order valence-corrected chi connectivity index (χ0v) is 16.1. The predicted octanol–water partition coefficient (Wildman–Crippen LogP) is 0.451. The normalized spacial score (nSPS) is 17.3. The van der Waals surface area contributed by atoms with Gasteiger partial charge in [-0.05, 0) is 37.1 Å². The molecule has 1 aliphatic heterocycles. The van der Waals surface area contributed by atoms with Crippen LogP contribution in [0, 0.1) is 0 Å². The highest BCUT2D eigenvalue weighted by atomic mass is 32.2. The number of rotatable bonds is 5. The molecular formula is C15H20N4O5S2. The van der Waals surface area contributed by atoms with Crippen molar-refractivity contribution in [2.24, 2.45) is 7.05 Å². The van der Waals surface area contributed by atoms with E-state index in [1.165, 1.54) is 34.4 Å². The van der Waals surface area contributed by atoms with Crippen LogP contribution in [0.4, 0.5) is 0 Å². The summed E-state index contributed by atoms with van der Waals surface area (Å²) in [5, 5.41) is 6.52. The third kappa shape index (κ3) is 3.33. The number of aryl methyl sites for hydroxylation is 1. The summed E-state index contributed by atoms with van der Waals surface area (Å²) in [6, 6.07) is 6.13. The minimum atomic E-state index is -3.67. The molecule has 1 aromatic carbocycles. The van der Waals surface area contributed by atoms with E-state index in [0.29, 0.717) is 5.75 Å². The fourth-order valence-corrected chi connectivity index (χ4v) is 6.17. The second-order valence-electron chi connectivity index (χ2n) is 6.05. The zero-order valence-electron chi connectivity index (χ0n) is 14.4. The largest absolute Gasteiger partial charge is 0.497 e. The molecule has 1 saturated heterocycles. The van der Waals surface area contributed by atoms with Crippen molar-refractivity contribution in [3.05, 3.63) is 30.6 Å². The Kier molecular flexibility index (Phi) is 5.04. The Morgan fingerprint density at radius 2 is 1.69 bits per heavy atom. The predicted molar refractivity (Wildman–Crippen MR) is 93.0 cm³/mol. The highest BCUT2D eigenvalue weighted by Crippen LogP contribution is 2.27. The molecule has 3 rings (SSSR count). The average Bonchev–Trinajstić information content (AvgIpc) is 3.08. The number of aromatic nitrogens is 3. The van der Waals surface area contributed by atoms with Gasteiger partial charge in [-0.15, -0.1) is 10.2 Å². The van der Waals surface area contributed by atoms with Gasteiger partial charge in [-0.2, -0.15) is 4.31 Å². The third-order valence-electron chi connectivity index (χ3n) is 4.46. The Morgan fingerprint density at radius 3 is 2.19 bits per heavy atom. The Morgan fingerprint density at radius 1 is 1.08 bits per heavy atom. The van der Waals surface area contributed by atoms with Gasteiger partial charge in [-0.25, -0.2) is 16.8 Å². The third-order valence-corrected chi connectivity index (χ3v) is 8.60. The van der Waals surface area contributed by atoms with Gasteiger partial charge in [0.05, 0.1) is 17.3 Å². The van der Waals surface area contributed by atoms with Crippen molar-refractivity contribution in [3.63, 3.8) is 0 Å². The smallest absolute Gasteiger partial charge is 0.249 e. The Balaban J connectivity index is 1.74. The topological polar surface area (TPSA) is 111 Å². The quantitative estimate of drug-likeness (QED) is 0.716. The van der Waals surface area contributed by atoms with E-state index >= 15 is 0 Å². The Labute approximate surface area is 152 Å². The highest BCUT2D eigenvalue weighted by molar-refractivity contribution is 7.92. The molecule has 0 amide bonds. The van der Waals surface area contributed by atoms with Crippen molar-refractivity contribution in [2.75, 3.05) is 20.2 Å². The number of hydrogen-bond acceptors (Lipinski definition) is 7. The molecule has 1 fully saturated rings. The maximum Gasteiger partial charge on any atom is 0.249 e. The molecule has 2 heterocycles. The second kappa shape index (κ2) is 6.97. The van der Waals surface area contributed by atoms with Crippen LogP contribution in [0.2, 0.25) is 0 Å². The van der Waals surface area contributed by atoms with E-state index < -0.39 is 25.1 Å². The van der Waals surface area contributed by atoms with E-state index in [0.717, 1.165) is 0 Å². The summed E-state index contributed by atoms with van der Waals surface area (Å²) in [7, 11) is -4.24. The van der Waals surface area contributed by atoms with Crippen molar-refractivity contribution in [1.82, 2.24) is 19.1 Å². The fourth-order valence-electron chi connectivity index (χ4n) is 2.96. The number of ether oxygens (including phenoxy) is 1. The van der Waals surface area contributed by atoms with Gasteiger partial charge < -0.3 is 9.30 Å². The van der Waals surface area contributed by atoms with Crippen LogP contribution in [0.5, 0.6) is 5.75 Å². The lowest BCUT2D eigenvalue weighted by Crippen LogP contribution is -2.42. The lowest BCUT2D eigenvalue weighted by atomic mass is 10.2. The Hall–Kier alpha value is -1.98. The lowest BCUT2D eigenvalue weighted by molar-refractivity contribution is 0.344. The van der Waals surface area contributed by atoms with Crippen LogP contribution < -0.4 is 4.74 Å². The fraction of sp³-hybridized carbons (Fsp3) is 0.467. The molecule has 0 atom stereocenters. The van der Waals surface area contributed by atoms with Crippen LogP contribution in [-0.4, -0.2) is 61.4 Å². The van der Waals surface area contributed by atoms with Gasteiger partial charge in [0.2, 0.25) is 25.0 Å². The molecule has 0 bridgehead atoms. The molecule has 0 saturated carbocycles. The van der Waals surface area contributed by atoms with E-state index in [-0.39, 0.29) is 36.0 Å². The highest BCUT2D eigenvalue weighted by Gasteiger charge is 2.37. The minimum Gasteiger partial charge on any atom is -0.497 e. The molecular weight excluding hydrogens is 380 g/mol. The molecule has 0 spiro atoms. The van der Waals surface area contributed by atoms with Crippen molar-refractivity contribution in [2.45, 2.75) is 28.1 Å². The lowest BCUT2D eigenvalue weighted by Gasteiger charge is -2.30. The van der Waals surface area contributed by atoms with Gasteiger partial charge in [0.25, 0.3) is 0 Å². The second-order valence-corrected chi connectivity index (χ2v) is 10.1. The monoisotopic (exact) mass is 400 g/mol. The molecule has 1 aromatic heterocycles. The molecule has 1 aliphatic rings. The Bertz CT molecular complexity index is 975. The van der Waals surface area contributed by atoms with Crippen LogP contribution in [0.15, 0.2) is 40.6 Å². The van der Waals surface area contributed by atoms with E-state index in [4.69, 9.17) is 4.74 Å². The summed E-state index contributed by atoms with van der Waals surface area (Å²) in [6.07, 6.45) is 1.76. The molecule has 0 N–H and O–H groups in total. The van der Waals surface area contributed by atoms with E-state index in [1.807, 2.05) is 0 Å². The summed E-state index contributed by atoms with van der Waals surface area (Å²) >= 11 is 0. The van der Waals surface area contributed by atoms with Crippen LogP contribution in [0.1, 0.15) is 12.8 Å². The number of hydrogen-bond donors (Lipinski definition) is 0. The summed E-state index contributed by atoms with van der Waals surface area (Å²) in [6.45, 7) is 0.270. The van der Waals surface area contributed by atoms with Crippen molar-refractivity contribution < 1.29 is 21.6 Å². The first-order valence-electron chi connectivity index (χ1n) is 7.99. The summed E-state index contributed by atoms with van der Waals surface area (Å²) in [5.74, 6) is 0.567. The molecule has 2 aromatic rings. The van der Waals surface area contributed by atoms with Crippen LogP contribution in [0.3, 0.4) is 0 Å². The maximum absolute atomic E-state index is 12.7. The maximum atomic E-state index is 12.7. The standard InChI is InChI=1S/C15H20N4O5S2/c1-18-11-16-17-15(18)25(20,21)13-7-9-19(10-8-13)26(22,23)14-5-3-12(24-2)4-6-14/h3-6,11,13H,7-10H2,1-2H3. The van der Waals surface area contributed by atoms with Gasteiger partial charge in [-0.3, -0.25) is 0 Å². The number of nitrogens with zero attached hydrogens (tertiary/aromatic N) is 4. The molecule has 0 radical (unpaired) electrons.